The van der Waals surface area contributed by atoms with E-state index in [-0.39, 0.29) is 10.9 Å². The number of nitrogens with one attached hydrogen (secondary N) is 1. The molecular formula is C26H28ClFN4O3. The second kappa shape index (κ2) is 11.5. The lowest BCUT2D eigenvalue weighted by Gasteiger charge is -2.31. The van der Waals surface area contributed by atoms with Gasteiger partial charge >= 0.3 is 0 Å². The van der Waals surface area contributed by atoms with Crippen LogP contribution in [0.4, 0.5) is 15.9 Å². The number of aromatic nitrogens is 2. The number of nitrogens with zero attached hydrogens (tertiary/aromatic N) is 3. The largest absolute Gasteiger partial charge is 0.491 e. The number of amides is 1. The average Bonchev–Trinajstić information content (AvgIpc) is 2.87. The average molecular weight is 499 g/mol. The first-order valence-corrected chi connectivity index (χ1v) is 11.9. The van der Waals surface area contributed by atoms with Gasteiger partial charge in [0.1, 0.15) is 30.3 Å². The molecule has 1 aliphatic heterocycles. The fourth-order valence-corrected chi connectivity index (χ4v) is 4.45. The minimum absolute atomic E-state index is 0.0218. The quantitative estimate of drug-likeness (QED) is 0.324. The fraction of sp³-hybridized carbons (Fsp3) is 0.346. The van der Waals surface area contributed by atoms with E-state index < -0.39 is 5.82 Å². The maximum absolute atomic E-state index is 13.6. The second-order valence-corrected chi connectivity index (χ2v) is 8.88. The summed E-state index contributed by atoms with van der Waals surface area (Å²) in [6.45, 7) is 5.91. The summed E-state index contributed by atoms with van der Waals surface area (Å²) in [5, 5.41) is 4.08. The summed E-state index contributed by atoms with van der Waals surface area (Å²) in [5.41, 5.74) is 2.38. The summed E-state index contributed by atoms with van der Waals surface area (Å²) >= 11 is 5.95. The van der Waals surface area contributed by atoms with E-state index >= 15 is 0 Å². The van der Waals surface area contributed by atoms with Crippen LogP contribution in [0, 0.1) is 11.7 Å². The molecule has 35 heavy (non-hydrogen) atoms. The summed E-state index contributed by atoms with van der Waals surface area (Å²) in [4.78, 5) is 22.6. The van der Waals surface area contributed by atoms with Gasteiger partial charge < -0.3 is 19.7 Å². The summed E-state index contributed by atoms with van der Waals surface area (Å²) < 4.78 is 24.8. The number of hydrogen-bond donors (Lipinski definition) is 1. The van der Waals surface area contributed by atoms with Gasteiger partial charge in [-0.1, -0.05) is 18.2 Å². The number of piperidine rings is 1. The van der Waals surface area contributed by atoms with Gasteiger partial charge in [-0.25, -0.2) is 14.4 Å². The lowest BCUT2D eigenvalue weighted by Crippen LogP contribution is -2.37. The van der Waals surface area contributed by atoms with Crippen molar-refractivity contribution < 1.29 is 18.7 Å². The number of likely N-dealkylation sites (tertiary alicyclic amines) is 1. The van der Waals surface area contributed by atoms with Gasteiger partial charge in [-0.2, -0.15) is 0 Å². The number of rotatable bonds is 9. The SMILES string of the molecule is C=CC(=O)N1CCC(Cc2cc3c(Nc4ccc(F)c(Cl)c4)ncnc3cc2OCCOC)CC1. The molecule has 4 rings (SSSR count). The van der Waals surface area contributed by atoms with Crippen molar-refractivity contribution >= 4 is 39.9 Å². The topological polar surface area (TPSA) is 76.6 Å². The highest BCUT2D eigenvalue weighted by atomic mass is 35.5. The predicted octanol–water partition coefficient (Wildman–Crippen LogP) is 5.16. The van der Waals surface area contributed by atoms with Crippen LogP contribution in [0.15, 0.2) is 49.3 Å². The van der Waals surface area contributed by atoms with Crippen molar-refractivity contribution in [2.24, 2.45) is 5.92 Å². The number of fused-ring (bicyclic) bond motifs is 1. The molecule has 0 atom stereocenters. The van der Waals surface area contributed by atoms with Crippen LogP contribution in [0.25, 0.3) is 10.9 Å². The third kappa shape index (κ3) is 6.07. The van der Waals surface area contributed by atoms with Gasteiger partial charge in [-0.05, 0) is 61.1 Å². The molecule has 1 N–H and O–H groups in total. The molecule has 0 spiro atoms. The number of anilines is 2. The van der Waals surface area contributed by atoms with Crippen molar-refractivity contribution in [2.45, 2.75) is 19.3 Å². The molecule has 184 valence electrons. The predicted molar refractivity (Wildman–Crippen MR) is 135 cm³/mol. The smallest absolute Gasteiger partial charge is 0.245 e. The number of carbonyl (C=O) groups excluding carboxylic acids is 1. The highest BCUT2D eigenvalue weighted by molar-refractivity contribution is 6.31. The minimum Gasteiger partial charge on any atom is -0.491 e. The molecule has 0 aliphatic carbocycles. The number of carbonyl (C=O) groups is 1. The van der Waals surface area contributed by atoms with Crippen molar-refractivity contribution in [1.82, 2.24) is 14.9 Å². The normalized spacial score (nSPS) is 14.2. The molecule has 3 aromatic rings. The van der Waals surface area contributed by atoms with Gasteiger partial charge in [0.15, 0.2) is 0 Å². The molecule has 2 aromatic carbocycles. The van der Waals surface area contributed by atoms with E-state index in [0.29, 0.717) is 43.7 Å². The highest BCUT2D eigenvalue weighted by Gasteiger charge is 2.23. The zero-order valence-electron chi connectivity index (χ0n) is 19.6. The molecule has 0 unspecified atom stereocenters. The first-order chi connectivity index (χ1) is 17.0. The first kappa shape index (κ1) is 24.9. The Labute approximate surface area is 208 Å². The van der Waals surface area contributed by atoms with Crippen LogP contribution in [0.5, 0.6) is 5.75 Å². The molecule has 9 heteroatoms. The van der Waals surface area contributed by atoms with Gasteiger partial charge in [-0.3, -0.25) is 4.79 Å². The fourth-order valence-electron chi connectivity index (χ4n) is 4.27. The number of hydrogen-bond acceptors (Lipinski definition) is 6. The molecule has 0 saturated carbocycles. The molecule has 1 saturated heterocycles. The summed E-state index contributed by atoms with van der Waals surface area (Å²) in [6.07, 6.45) is 5.44. The Morgan fingerprint density at radius 3 is 2.77 bits per heavy atom. The summed E-state index contributed by atoms with van der Waals surface area (Å²) in [7, 11) is 1.63. The van der Waals surface area contributed by atoms with E-state index in [0.717, 1.165) is 41.5 Å². The van der Waals surface area contributed by atoms with Crippen LogP contribution in [-0.4, -0.2) is 54.2 Å². The molecular weight excluding hydrogens is 471 g/mol. The van der Waals surface area contributed by atoms with Gasteiger partial charge in [0.2, 0.25) is 5.91 Å². The molecule has 0 bridgehead atoms. The number of halogens is 2. The van der Waals surface area contributed by atoms with Crippen LogP contribution in [0.1, 0.15) is 18.4 Å². The number of ether oxygens (including phenoxy) is 2. The molecule has 2 heterocycles. The van der Waals surface area contributed by atoms with E-state index in [1.165, 1.54) is 24.5 Å². The van der Waals surface area contributed by atoms with Crippen molar-refractivity contribution in [1.29, 1.82) is 0 Å². The zero-order valence-corrected chi connectivity index (χ0v) is 20.4. The Morgan fingerprint density at radius 1 is 1.26 bits per heavy atom. The van der Waals surface area contributed by atoms with Crippen molar-refractivity contribution in [3.05, 3.63) is 65.7 Å². The van der Waals surface area contributed by atoms with Crippen LogP contribution in [0.3, 0.4) is 0 Å². The Hall–Kier alpha value is -3.23. The van der Waals surface area contributed by atoms with Crippen LogP contribution < -0.4 is 10.1 Å². The van der Waals surface area contributed by atoms with Gasteiger partial charge in [-0.15, -0.1) is 0 Å². The van der Waals surface area contributed by atoms with E-state index in [2.05, 4.69) is 21.9 Å². The maximum Gasteiger partial charge on any atom is 0.245 e. The standard InChI is InChI=1S/C26H28ClFN4O3/c1-3-25(33)32-8-6-17(7-9-32)12-18-13-20-23(15-24(18)35-11-10-34-2)29-16-30-26(20)31-19-4-5-22(28)21(27)14-19/h3-5,13-17H,1,6-12H2,2H3,(H,29,30,31). The maximum atomic E-state index is 13.6. The lowest BCUT2D eigenvalue weighted by atomic mass is 9.89. The van der Waals surface area contributed by atoms with Crippen molar-refractivity contribution in [2.75, 3.05) is 38.7 Å². The zero-order chi connectivity index (χ0) is 24.8. The van der Waals surface area contributed by atoms with Crippen molar-refractivity contribution in [3.63, 3.8) is 0 Å². The van der Waals surface area contributed by atoms with Crippen LogP contribution in [0.2, 0.25) is 5.02 Å². The van der Waals surface area contributed by atoms with E-state index in [4.69, 9.17) is 21.1 Å². The molecule has 1 aromatic heterocycles. The summed E-state index contributed by atoms with van der Waals surface area (Å²) in [6, 6.07) is 8.40. The van der Waals surface area contributed by atoms with Crippen LogP contribution >= 0.6 is 11.6 Å². The molecule has 1 amide bonds. The van der Waals surface area contributed by atoms with Gasteiger partial charge in [0.05, 0.1) is 17.1 Å². The Balaban J connectivity index is 1.62. The Morgan fingerprint density at radius 2 is 2.06 bits per heavy atom. The van der Waals surface area contributed by atoms with Crippen molar-refractivity contribution in [3.8, 4) is 5.75 Å². The third-order valence-corrected chi connectivity index (χ3v) is 6.44. The second-order valence-electron chi connectivity index (χ2n) is 8.47. The van der Waals surface area contributed by atoms with Gasteiger partial charge in [0.25, 0.3) is 0 Å². The third-order valence-electron chi connectivity index (χ3n) is 6.15. The number of benzene rings is 2. The Bertz CT molecular complexity index is 1210. The number of methoxy groups -OCH3 is 1. The van der Waals surface area contributed by atoms with Gasteiger partial charge in [0, 0.05) is 37.3 Å². The minimum atomic E-state index is -0.481. The van der Waals surface area contributed by atoms with E-state index in [9.17, 15) is 9.18 Å². The Kier molecular flexibility index (Phi) is 8.15. The molecule has 1 aliphatic rings. The summed E-state index contributed by atoms with van der Waals surface area (Å²) in [5.74, 6) is 1.25. The molecule has 0 radical (unpaired) electrons. The molecule has 7 nitrogen and oxygen atoms in total. The van der Waals surface area contributed by atoms with Crippen LogP contribution in [-0.2, 0) is 16.0 Å². The lowest BCUT2D eigenvalue weighted by molar-refractivity contribution is -0.127. The highest BCUT2D eigenvalue weighted by Crippen LogP contribution is 2.33. The first-order valence-electron chi connectivity index (χ1n) is 11.5. The van der Waals surface area contributed by atoms with E-state index in [1.54, 1.807) is 13.2 Å². The monoisotopic (exact) mass is 498 g/mol. The van der Waals surface area contributed by atoms with E-state index in [1.807, 2.05) is 17.0 Å². The molecule has 1 fully saturated rings.